The van der Waals surface area contributed by atoms with Crippen LogP contribution in [0.1, 0.15) is 38.7 Å². The van der Waals surface area contributed by atoms with Gasteiger partial charge < -0.3 is 14.4 Å². The second-order valence-corrected chi connectivity index (χ2v) is 7.18. The Labute approximate surface area is 170 Å². The van der Waals surface area contributed by atoms with Crippen LogP contribution in [0, 0.1) is 6.92 Å². The minimum absolute atomic E-state index is 0.112. The quantitative estimate of drug-likeness (QED) is 0.672. The molecule has 1 unspecified atom stereocenters. The van der Waals surface area contributed by atoms with Gasteiger partial charge >= 0.3 is 0 Å². The molecule has 1 aromatic heterocycles. The van der Waals surface area contributed by atoms with E-state index in [-0.39, 0.29) is 11.9 Å². The Hall–Kier alpha value is -3.34. The number of carbonyl (C=O) groups excluding carboxylic acids is 1. The Morgan fingerprint density at radius 1 is 1.07 bits per heavy atom. The van der Waals surface area contributed by atoms with Crippen LogP contribution in [0.2, 0.25) is 0 Å². The van der Waals surface area contributed by atoms with Gasteiger partial charge in [0.05, 0.1) is 20.3 Å². The molecule has 3 aromatic rings. The van der Waals surface area contributed by atoms with E-state index >= 15 is 0 Å². The van der Waals surface area contributed by atoms with Crippen LogP contribution < -0.4 is 9.47 Å². The van der Waals surface area contributed by atoms with E-state index < -0.39 is 0 Å². The maximum absolute atomic E-state index is 13.8. The number of carbonyl (C=O) groups is 1. The smallest absolute Gasteiger partial charge is 0.262 e. The van der Waals surface area contributed by atoms with Crippen LogP contribution >= 0.6 is 0 Å². The zero-order valence-corrected chi connectivity index (χ0v) is 16.9. The molecule has 1 amide bonds. The van der Waals surface area contributed by atoms with Crippen molar-refractivity contribution in [2.24, 2.45) is 0 Å². The lowest BCUT2D eigenvalue weighted by Crippen LogP contribution is -2.41. The van der Waals surface area contributed by atoms with E-state index in [1.807, 2.05) is 29.3 Å². The highest BCUT2D eigenvalue weighted by Crippen LogP contribution is 2.39. The van der Waals surface area contributed by atoms with Crippen molar-refractivity contribution in [3.05, 3.63) is 88.7 Å². The third kappa shape index (κ3) is 3.44. The van der Waals surface area contributed by atoms with Gasteiger partial charge in [-0.3, -0.25) is 9.78 Å². The average Bonchev–Trinajstić information content (AvgIpc) is 2.77. The van der Waals surface area contributed by atoms with Crippen LogP contribution in [0.4, 0.5) is 0 Å². The van der Waals surface area contributed by atoms with E-state index in [1.165, 1.54) is 11.1 Å². The summed E-state index contributed by atoms with van der Waals surface area (Å²) >= 11 is 0. The van der Waals surface area contributed by atoms with E-state index in [0.717, 1.165) is 17.5 Å². The second kappa shape index (κ2) is 7.95. The van der Waals surface area contributed by atoms with Crippen molar-refractivity contribution >= 4 is 5.91 Å². The second-order valence-electron chi connectivity index (χ2n) is 7.18. The summed E-state index contributed by atoms with van der Waals surface area (Å²) in [6, 6.07) is 15.5. The number of hydrogen-bond donors (Lipinski definition) is 0. The number of nitrogens with zero attached hydrogens (tertiary/aromatic N) is 2. The van der Waals surface area contributed by atoms with Gasteiger partial charge in [-0.25, -0.2) is 0 Å². The first kappa shape index (κ1) is 19.0. The summed E-state index contributed by atoms with van der Waals surface area (Å²) in [5.41, 5.74) is 5.06. The number of amides is 1. The number of pyridine rings is 1. The van der Waals surface area contributed by atoms with Gasteiger partial charge in [0.2, 0.25) is 0 Å². The molecule has 0 radical (unpaired) electrons. The third-order valence-electron chi connectivity index (χ3n) is 5.43. The van der Waals surface area contributed by atoms with E-state index in [2.05, 4.69) is 30.1 Å². The number of aromatic nitrogens is 1. The van der Waals surface area contributed by atoms with Crippen molar-refractivity contribution in [1.82, 2.24) is 9.88 Å². The molecule has 1 aliphatic rings. The number of methoxy groups -OCH3 is 2. The average molecular weight is 388 g/mol. The first-order chi connectivity index (χ1) is 14.1. The summed E-state index contributed by atoms with van der Waals surface area (Å²) in [5.74, 6) is 0.905. The van der Waals surface area contributed by atoms with Crippen molar-refractivity contribution in [3.63, 3.8) is 0 Å². The molecule has 5 heteroatoms. The largest absolute Gasteiger partial charge is 0.496 e. The summed E-state index contributed by atoms with van der Waals surface area (Å²) < 4.78 is 11.0. The van der Waals surface area contributed by atoms with Crippen LogP contribution in [0.3, 0.4) is 0 Å². The van der Waals surface area contributed by atoms with E-state index in [0.29, 0.717) is 23.6 Å². The third-order valence-corrected chi connectivity index (χ3v) is 5.43. The number of fused-ring (bicyclic) bond motifs is 1. The van der Waals surface area contributed by atoms with Crippen LogP contribution in [0.25, 0.3) is 0 Å². The van der Waals surface area contributed by atoms with Gasteiger partial charge in [0, 0.05) is 18.9 Å². The first-order valence-corrected chi connectivity index (χ1v) is 9.65. The molecule has 148 valence electrons. The lowest BCUT2D eigenvalue weighted by Gasteiger charge is -2.38. The molecule has 0 N–H and O–H groups in total. The van der Waals surface area contributed by atoms with Gasteiger partial charge in [0.25, 0.3) is 5.91 Å². The van der Waals surface area contributed by atoms with Gasteiger partial charge in [-0.05, 0) is 48.2 Å². The predicted octanol–water partition coefficient (Wildman–Crippen LogP) is 4.20. The van der Waals surface area contributed by atoms with Gasteiger partial charge in [0.1, 0.15) is 17.1 Å². The van der Waals surface area contributed by atoms with Gasteiger partial charge in [-0.15, -0.1) is 0 Å². The van der Waals surface area contributed by atoms with Crippen LogP contribution in [0.15, 0.2) is 60.9 Å². The van der Waals surface area contributed by atoms with Crippen molar-refractivity contribution in [3.8, 4) is 11.5 Å². The summed E-state index contributed by atoms with van der Waals surface area (Å²) in [6.45, 7) is 2.70. The fourth-order valence-electron chi connectivity index (χ4n) is 4.08. The molecule has 5 nitrogen and oxygen atoms in total. The maximum atomic E-state index is 13.8. The summed E-state index contributed by atoms with van der Waals surface area (Å²) in [6.07, 6.45) is 4.38. The summed E-state index contributed by atoms with van der Waals surface area (Å²) in [5, 5.41) is 0. The zero-order valence-electron chi connectivity index (χ0n) is 16.9. The van der Waals surface area contributed by atoms with Crippen molar-refractivity contribution in [2.45, 2.75) is 19.4 Å². The molecule has 0 saturated carbocycles. The zero-order chi connectivity index (χ0) is 20.4. The van der Waals surface area contributed by atoms with Crippen molar-refractivity contribution in [2.75, 3.05) is 20.8 Å². The Balaban J connectivity index is 1.85. The van der Waals surface area contributed by atoms with Gasteiger partial charge in [-0.2, -0.15) is 0 Å². The molecule has 0 aliphatic carbocycles. The Morgan fingerprint density at radius 3 is 2.48 bits per heavy atom. The molecule has 2 heterocycles. The number of aryl methyl sites for hydroxylation is 1. The number of ether oxygens (including phenoxy) is 2. The standard InChI is InChI=1S/C24H24N2O3/c1-16-9-10-19-17(14-16)11-13-26(23(19)18-6-5-12-25-15-18)24(27)22-20(28-2)7-4-8-21(22)29-3/h4-10,12,14-15,23H,11,13H2,1-3H3. The van der Waals surface area contributed by atoms with E-state index in [1.54, 1.807) is 32.5 Å². The Kier molecular flexibility index (Phi) is 5.21. The topological polar surface area (TPSA) is 51.7 Å². The van der Waals surface area contributed by atoms with Crippen molar-refractivity contribution in [1.29, 1.82) is 0 Å². The Morgan fingerprint density at radius 2 is 1.83 bits per heavy atom. The highest BCUT2D eigenvalue weighted by Gasteiger charge is 2.35. The lowest BCUT2D eigenvalue weighted by atomic mass is 9.87. The number of hydrogen-bond acceptors (Lipinski definition) is 4. The molecular formula is C24H24N2O3. The highest BCUT2D eigenvalue weighted by atomic mass is 16.5. The van der Waals surface area contributed by atoms with Crippen LogP contribution in [-0.4, -0.2) is 36.6 Å². The Bertz CT molecular complexity index is 1010. The molecular weight excluding hydrogens is 364 g/mol. The van der Waals surface area contributed by atoms with Crippen molar-refractivity contribution < 1.29 is 14.3 Å². The molecule has 2 aromatic carbocycles. The SMILES string of the molecule is COc1cccc(OC)c1C(=O)N1CCc2cc(C)ccc2C1c1cccnc1. The monoisotopic (exact) mass is 388 g/mol. The van der Waals surface area contributed by atoms with Gasteiger partial charge in [0.15, 0.2) is 0 Å². The summed E-state index contributed by atoms with van der Waals surface area (Å²) in [7, 11) is 3.14. The van der Waals surface area contributed by atoms with Gasteiger partial charge in [-0.1, -0.05) is 35.9 Å². The van der Waals surface area contributed by atoms with Crippen LogP contribution in [0.5, 0.6) is 11.5 Å². The number of rotatable bonds is 4. The van der Waals surface area contributed by atoms with E-state index in [4.69, 9.17) is 9.47 Å². The molecule has 1 atom stereocenters. The van der Waals surface area contributed by atoms with Crippen LogP contribution in [-0.2, 0) is 6.42 Å². The molecule has 0 fully saturated rings. The first-order valence-electron chi connectivity index (χ1n) is 9.65. The molecule has 0 saturated heterocycles. The molecule has 0 bridgehead atoms. The minimum atomic E-state index is -0.213. The molecule has 1 aliphatic heterocycles. The van der Waals surface area contributed by atoms with E-state index in [9.17, 15) is 4.79 Å². The molecule has 29 heavy (non-hydrogen) atoms. The molecule has 4 rings (SSSR count). The minimum Gasteiger partial charge on any atom is -0.496 e. The maximum Gasteiger partial charge on any atom is 0.262 e. The molecule has 0 spiro atoms. The normalized spacial score (nSPS) is 15.6. The lowest BCUT2D eigenvalue weighted by molar-refractivity contribution is 0.0687. The summed E-state index contributed by atoms with van der Waals surface area (Å²) in [4.78, 5) is 20.0. The fourth-order valence-corrected chi connectivity index (χ4v) is 4.08. The predicted molar refractivity (Wildman–Crippen MR) is 112 cm³/mol. The highest BCUT2D eigenvalue weighted by molar-refractivity contribution is 6.00. The fraction of sp³-hybridized carbons (Fsp3) is 0.250. The number of benzene rings is 2.